The molecule has 0 fully saturated rings. The smallest absolute Gasteiger partial charge is 0.267 e. The summed E-state index contributed by atoms with van der Waals surface area (Å²) < 4.78 is 5.94. The number of aryl methyl sites for hydroxylation is 1. The van der Waals surface area contributed by atoms with Gasteiger partial charge in [-0.2, -0.15) is 0 Å². The molecule has 3 aromatic rings. The summed E-state index contributed by atoms with van der Waals surface area (Å²) in [5.74, 6) is 1.18. The quantitative estimate of drug-likeness (QED) is 0.468. The number of benzene rings is 1. The molecular weight excluding hydrogens is 380 g/mol. The topological polar surface area (TPSA) is 95.2 Å². The summed E-state index contributed by atoms with van der Waals surface area (Å²) in [6, 6.07) is 7.70. The molecule has 2 aromatic heterocycles. The molecule has 0 aliphatic carbocycles. The van der Waals surface area contributed by atoms with Crippen LogP contribution in [0, 0.1) is 6.92 Å². The molecule has 0 spiro atoms. The predicted octanol–water partition coefficient (Wildman–Crippen LogP) is 3.48. The number of hydrogen-bond acceptors (Lipinski definition) is 6. The highest BCUT2D eigenvalue weighted by atomic mass is 16.5. The number of nitrogens with zero attached hydrogens (tertiary/aromatic N) is 3. The van der Waals surface area contributed by atoms with Crippen molar-refractivity contribution in [1.82, 2.24) is 25.2 Å². The molecule has 0 aliphatic rings. The molecule has 0 aliphatic heterocycles. The van der Waals surface area contributed by atoms with Crippen molar-refractivity contribution in [3.63, 3.8) is 0 Å². The van der Waals surface area contributed by atoms with E-state index in [9.17, 15) is 4.79 Å². The van der Waals surface area contributed by atoms with Crippen LogP contribution in [0.5, 0.6) is 5.75 Å². The largest absolute Gasteiger partial charge is 0.489 e. The van der Waals surface area contributed by atoms with Gasteiger partial charge in [-0.1, -0.05) is 6.07 Å². The number of anilines is 2. The molecule has 1 aromatic carbocycles. The zero-order valence-corrected chi connectivity index (χ0v) is 18.2. The van der Waals surface area contributed by atoms with Crippen molar-refractivity contribution in [1.29, 1.82) is 0 Å². The molecular formula is C22H30N6O2. The lowest BCUT2D eigenvalue weighted by atomic mass is 10.2. The number of amides is 1. The molecule has 3 rings (SSSR count). The molecule has 160 valence electrons. The maximum atomic E-state index is 12.5. The van der Waals surface area contributed by atoms with Crippen molar-refractivity contribution in [2.24, 2.45) is 0 Å². The Morgan fingerprint density at radius 2 is 2.03 bits per heavy atom. The number of nitrogens with one attached hydrogen (secondary N) is 3. The summed E-state index contributed by atoms with van der Waals surface area (Å²) in [4.78, 5) is 26.4. The van der Waals surface area contributed by atoms with Crippen LogP contribution in [-0.4, -0.2) is 59.0 Å². The summed E-state index contributed by atoms with van der Waals surface area (Å²) in [5, 5.41) is 6.26. The van der Waals surface area contributed by atoms with Crippen molar-refractivity contribution in [3.8, 4) is 5.75 Å². The standard InChI is InChI=1S/C22H30N6O2/c1-14(2)30-19-11-15(3)7-8-16(19)27-21-20-17(24-13-25-21)12-18(26-20)22(29)23-9-6-10-28(4)5/h7-8,11-14,26H,6,9-10H2,1-5H3,(H,23,29)(H,24,25,27). The molecule has 0 saturated carbocycles. The van der Waals surface area contributed by atoms with Crippen LogP contribution >= 0.6 is 0 Å². The van der Waals surface area contributed by atoms with Gasteiger partial charge in [-0.15, -0.1) is 0 Å². The van der Waals surface area contributed by atoms with Gasteiger partial charge in [0.25, 0.3) is 5.91 Å². The molecule has 0 bridgehead atoms. The summed E-state index contributed by atoms with van der Waals surface area (Å²) in [6.45, 7) is 7.54. The number of aromatic amines is 1. The van der Waals surface area contributed by atoms with E-state index in [4.69, 9.17) is 4.74 Å². The Morgan fingerprint density at radius 1 is 1.23 bits per heavy atom. The second-order valence-electron chi connectivity index (χ2n) is 7.87. The van der Waals surface area contributed by atoms with E-state index in [1.54, 1.807) is 6.07 Å². The minimum atomic E-state index is -0.156. The number of hydrogen-bond donors (Lipinski definition) is 3. The number of aromatic nitrogens is 3. The van der Waals surface area contributed by atoms with Crippen molar-refractivity contribution < 1.29 is 9.53 Å². The summed E-state index contributed by atoms with van der Waals surface area (Å²) in [7, 11) is 4.02. The Bertz CT molecular complexity index is 1010. The van der Waals surface area contributed by atoms with Crippen LogP contribution in [0.1, 0.15) is 36.3 Å². The number of H-pyrrole nitrogens is 1. The molecule has 0 unspecified atom stereocenters. The van der Waals surface area contributed by atoms with Gasteiger partial charge >= 0.3 is 0 Å². The van der Waals surface area contributed by atoms with Gasteiger partial charge in [-0.25, -0.2) is 9.97 Å². The number of rotatable bonds is 9. The first-order chi connectivity index (χ1) is 14.3. The van der Waals surface area contributed by atoms with Gasteiger partial charge in [0.05, 0.1) is 17.3 Å². The summed E-state index contributed by atoms with van der Waals surface area (Å²) in [5.41, 5.74) is 3.72. The normalized spacial score (nSPS) is 11.3. The van der Waals surface area contributed by atoms with E-state index in [0.29, 0.717) is 29.1 Å². The van der Waals surface area contributed by atoms with Crippen molar-refractivity contribution in [2.75, 3.05) is 32.5 Å². The molecule has 2 heterocycles. The van der Waals surface area contributed by atoms with Gasteiger partial charge in [-0.3, -0.25) is 4.79 Å². The highest BCUT2D eigenvalue weighted by molar-refractivity contribution is 5.99. The Labute approximate surface area is 177 Å². The van der Waals surface area contributed by atoms with Crippen LogP contribution in [0.15, 0.2) is 30.6 Å². The van der Waals surface area contributed by atoms with Crippen LogP contribution in [0.2, 0.25) is 0 Å². The summed E-state index contributed by atoms with van der Waals surface area (Å²) in [6.07, 6.45) is 2.41. The molecule has 0 radical (unpaired) electrons. The third kappa shape index (κ3) is 5.48. The Balaban J connectivity index is 1.80. The summed E-state index contributed by atoms with van der Waals surface area (Å²) >= 11 is 0. The Morgan fingerprint density at radius 3 is 2.77 bits per heavy atom. The molecule has 0 saturated heterocycles. The molecule has 30 heavy (non-hydrogen) atoms. The predicted molar refractivity (Wildman–Crippen MR) is 120 cm³/mol. The Kier molecular flexibility index (Phi) is 6.89. The Hall–Kier alpha value is -3.13. The average Bonchev–Trinajstić information content (AvgIpc) is 3.12. The maximum Gasteiger partial charge on any atom is 0.267 e. The van der Waals surface area contributed by atoms with E-state index < -0.39 is 0 Å². The fourth-order valence-electron chi connectivity index (χ4n) is 3.06. The number of carbonyl (C=O) groups is 1. The van der Waals surface area contributed by atoms with Gasteiger partial charge in [0.2, 0.25) is 0 Å². The minimum Gasteiger partial charge on any atom is -0.489 e. The van der Waals surface area contributed by atoms with Crippen LogP contribution < -0.4 is 15.4 Å². The van der Waals surface area contributed by atoms with Crippen LogP contribution in [0.4, 0.5) is 11.5 Å². The molecule has 3 N–H and O–H groups in total. The lowest BCUT2D eigenvalue weighted by Gasteiger charge is -2.16. The van der Waals surface area contributed by atoms with Gasteiger partial charge < -0.3 is 25.3 Å². The maximum absolute atomic E-state index is 12.5. The number of fused-ring (bicyclic) bond motifs is 1. The van der Waals surface area contributed by atoms with Gasteiger partial charge in [-0.05, 0) is 71.6 Å². The van der Waals surface area contributed by atoms with E-state index in [1.165, 1.54) is 6.33 Å². The highest BCUT2D eigenvalue weighted by Gasteiger charge is 2.15. The van der Waals surface area contributed by atoms with Crippen molar-refractivity contribution in [2.45, 2.75) is 33.3 Å². The van der Waals surface area contributed by atoms with Crippen LogP contribution in [0.3, 0.4) is 0 Å². The lowest BCUT2D eigenvalue weighted by Crippen LogP contribution is -2.27. The third-order valence-electron chi connectivity index (χ3n) is 4.48. The fraction of sp³-hybridized carbons (Fsp3) is 0.409. The second kappa shape index (κ2) is 9.58. The van der Waals surface area contributed by atoms with Crippen LogP contribution in [-0.2, 0) is 0 Å². The monoisotopic (exact) mass is 410 g/mol. The second-order valence-corrected chi connectivity index (χ2v) is 7.87. The zero-order chi connectivity index (χ0) is 21.7. The fourth-order valence-corrected chi connectivity index (χ4v) is 3.06. The minimum absolute atomic E-state index is 0.0473. The van der Waals surface area contributed by atoms with E-state index in [-0.39, 0.29) is 12.0 Å². The van der Waals surface area contributed by atoms with Gasteiger partial charge in [0, 0.05) is 6.54 Å². The third-order valence-corrected chi connectivity index (χ3v) is 4.48. The molecule has 8 heteroatoms. The van der Waals surface area contributed by atoms with Crippen molar-refractivity contribution >= 4 is 28.4 Å². The average molecular weight is 411 g/mol. The first-order valence-electron chi connectivity index (χ1n) is 10.1. The first-order valence-corrected chi connectivity index (χ1v) is 10.1. The number of carbonyl (C=O) groups excluding carboxylic acids is 1. The van der Waals surface area contributed by atoms with E-state index in [1.807, 2.05) is 53.1 Å². The first kappa shape index (κ1) is 21.6. The van der Waals surface area contributed by atoms with E-state index in [0.717, 1.165) is 30.0 Å². The van der Waals surface area contributed by atoms with E-state index in [2.05, 4.69) is 30.5 Å². The lowest BCUT2D eigenvalue weighted by molar-refractivity contribution is 0.0948. The zero-order valence-electron chi connectivity index (χ0n) is 18.2. The van der Waals surface area contributed by atoms with Crippen LogP contribution in [0.25, 0.3) is 11.0 Å². The number of ether oxygens (including phenoxy) is 1. The molecule has 1 amide bonds. The highest BCUT2D eigenvalue weighted by Crippen LogP contribution is 2.31. The van der Waals surface area contributed by atoms with Gasteiger partial charge in [0.1, 0.15) is 23.3 Å². The molecule has 8 nitrogen and oxygen atoms in total. The van der Waals surface area contributed by atoms with Crippen molar-refractivity contribution in [3.05, 3.63) is 41.9 Å². The SMILES string of the molecule is Cc1ccc(Nc2ncnc3cc(C(=O)NCCCN(C)C)[nH]c23)c(OC(C)C)c1. The van der Waals surface area contributed by atoms with E-state index >= 15 is 0 Å². The van der Waals surface area contributed by atoms with Gasteiger partial charge in [0.15, 0.2) is 5.82 Å². The molecule has 0 atom stereocenters.